The molecular formula is C17H21ClIN3O. The van der Waals surface area contributed by atoms with Crippen molar-refractivity contribution in [1.29, 1.82) is 0 Å². The van der Waals surface area contributed by atoms with Crippen LogP contribution in [0.15, 0.2) is 53.5 Å². The molecule has 0 saturated heterocycles. The van der Waals surface area contributed by atoms with Crippen LogP contribution in [0.5, 0.6) is 5.75 Å². The first-order chi connectivity index (χ1) is 10.7. The molecule has 3 N–H and O–H groups in total. The molecule has 6 heteroatoms. The topological polar surface area (TPSA) is 56.7 Å². The molecule has 124 valence electrons. The fraction of sp³-hybridized carbons (Fsp3) is 0.235. The van der Waals surface area contributed by atoms with Gasteiger partial charge in [0.2, 0.25) is 0 Å². The van der Waals surface area contributed by atoms with Gasteiger partial charge >= 0.3 is 0 Å². The van der Waals surface area contributed by atoms with Gasteiger partial charge in [0.05, 0.1) is 6.54 Å². The summed E-state index contributed by atoms with van der Waals surface area (Å²) in [4.78, 5) is 4.54. The van der Waals surface area contributed by atoms with E-state index in [9.17, 15) is 5.11 Å². The van der Waals surface area contributed by atoms with Crippen LogP contribution in [0.25, 0.3) is 0 Å². The molecule has 2 aromatic carbocycles. The molecule has 0 amide bonds. The fourth-order valence-electron chi connectivity index (χ4n) is 1.95. The highest BCUT2D eigenvalue weighted by atomic mass is 127. The van der Waals surface area contributed by atoms with Gasteiger partial charge in [0.1, 0.15) is 5.75 Å². The molecule has 0 aromatic heterocycles. The molecule has 0 unspecified atom stereocenters. The molecule has 0 fully saturated rings. The van der Waals surface area contributed by atoms with E-state index in [1.807, 2.05) is 43.3 Å². The Labute approximate surface area is 159 Å². The van der Waals surface area contributed by atoms with E-state index in [2.05, 4.69) is 15.6 Å². The summed E-state index contributed by atoms with van der Waals surface area (Å²) in [6.07, 6.45) is 0. The Morgan fingerprint density at radius 1 is 1.09 bits per heavy atom. The van der Waals surface area contributed by atoms with E-state index in [1.165, 1.54) is 0 Å². The number of aliphatic imine (C=N–C) groups is 1. The number of nitrogens with one attached hydrogen (secondary N) is 2. The maximum Gasteiger partial charge on any atom is 0.191 e. The highest BCUT2D eigenvalue weighted by molar-refractivity contribution is 14.0. The highest BCUT2D eigenvalue weighted by Crippen LogP contribution is 2.11. The minimum atomic E-state index is 0. The van der Waals surface area contributed by atoms with Crippen molar-refractivity contribution in [3.8, 4) is 5.75 Å². The Kier molecular flexibility index (Phi) is 8.79. The number of benzene rings is 2. The second-order valence-corrected chi connectivity index (χ2v) is 5.28. The predicted molar refractivity (Wildman–Crippen MR) is 107 cm³/mol. The second kappa shape index (κ2) is 10.3. The standard InChI is InChI=1S/C17H20ClN3O.HI/c1-2-19-17(20-11-13-6-8-16(22)9-7-13)21-12-14-4-3-5-15(18)10-14;/h3-10,22H,2,11-12H2,1H3,(H2,19,20,21);1H. The van der Waals surface area contributed by atoms with Gasteiger partial charge in [-0.1, -0.05) is 35.9 Å². The van der Waals surface area contributed by atoms with Crippen LogP contribution < -0.4 is 10.6 Å². The number of aromatic hydroxyl groups is 1. The monoisotopic (exact) mass is 445 g/mol. The Balaban J connectivity index is 0.00000264. The number of hydrogen-bond acceptors (Lipinski definition) is 2. The Hall–Kier alpha value is -1.47. The van der Waals surface area contributed by atoms with Crippen LogP contribution in [0.2, 0.25) is 5.02 Å². The maximum absolute atomic E-state index is 9.28. The van der Waals surface area contributed by atoms with Gasteiger partial charge in [-0.05, 0) is 42.3 Å². The summed E-state index contributed by atoms with van der Waals surface area (Å²) >= 11 is 5.98. The lowest BCUT2D eigenvalue weighted by Gasteiger charge is -2.11. The van der Waals surface area contributed by atoms with Gasteiger partial charge in [-0.3, -0.25) is 0 Å². The van der Waals surface area contributed by atoms with Crippen molar-refractivity contribution in [2.24, 2.45) is 4.99 Å². The Bertz CT molecular complexity index is 632. The van der Waals surface area contributed by atoms with Gasteiger partial charge in [-0.25, -0.2) is 4.99 Å². The lowest BCUT2D eigenvalue weighted by Crippen LogP contribution is -2.36. The van der Waals surface area contributed by atoms with Crippen LogP contribution in [0.4, 0.5) is 0 Å². The molecule has 0 atom stereocenters. The first kappa shape index (κ1) is 19.6. The summed E-state index contributed by atoms with van der Waals surface area (Å²) in [6, 6.07) is 14.8. The molecule has 0 aliphatic heterocycles. The minimum absolute atomic E-state index is 0. The molecule has 0 heterocycles. The van der Waals surface area contributed by atoms with Crippen LogP contribution in [-0.2, 0) is 13.1 Å². The lowest BCUT2D eigenvalue weighted by molar-refractivity contribution is 0.475. The molecule has 23 heavy (non-hydrogen) atoms. The van der Waals surface area contributed by atoms with E-state index >= 15 is 0 Å². The molecule has 0 bridgehead atoms. The van der Waals surface area contributed by atoms with E-state index in [1.54, 1.807) is 12.1 Å². The van der Waals surface area contributed by atoms with E-state index in [0.29, 0.717) is 13.1 Å². The van der Waals surface area contributed by atoms with E-state index < -0.39 is 0 Å². The van der Waals surface area contributed by atoms with Crippen molar-refractivity contribution in [3.05, 3.63) is 64.7 Å². The quantitative estimate of drug-likeness (QED) is 0.371. The van der Waals surface area contributed by atoms with Crippen molar-refractivity contribution >= 4 is 41.5 Å². The van der Waals surface area contributed by atoms with Gasteiger partial charge in [0.15, 0.2) is 5.96 Å². The summed E-state index contributed by atoms with van der Waals surface area (Å²) in [7, 11) is 0. The number of rotatable bonds is 5. The van der Waals surface area contributed by atoms with E-state index in [4.69, 9.17) is 11.6 Å². The summed E-state index contributed by atoms with van der Waals surface area (Å²) in [5.74, 6) is 1.01. The van der Waals surface area contributed by atoms with Crippen LogP contribution >= 0.6 is 35.6 Å². The summed E-state index contributed by atoms with van der Waals surface area (Å²) in [5, 5.41) is 16.5. The van der Waals surface area contributed by atoms with Crippen LogP contribution in [0.3, 0.4) is 0 Å². The SMILES string of the molecule is CCNC(=NCc1cccc(Cl)c1)NCc1ccc(O)cc1.I. The normalized spacial score (nSPS) is 10.8. The first-order valence-electron chi connectivity index (χ1n) is 7.22. The van der Waals surface area contributed by atoms with Gasteiger partial charge < -0.3 is 15.7 Å². The van der Waals surface area contributed by atoms with Crippen molar-refractivity contribution in [2.75, 3.05) is 6.54 Å². The van der Waals surface area contributed by atoms with Gasteiger partial charge in [0.25, 0.3) is 0 Å². The third kappa shape index (κ3) is 7.09. The Morgan fingerprint density at radius 3 is 2.48 bits per heavy atom. The fourth-order valence-corrected chi connectivity index (χ4v) is 2.16. The Morgan fingerprint density at radius 2 is 1.83 bits per heavy atom. The molecule has 0 saturated carbocycles. The van der Waals surface area contributed by atoms with E-state index in [-0.39, 0.29) is 29.7 Å². The number of phenolic OH excluding ortho intramolecular Hbond substituents is 1. The van der Waals surface area contributed by atoms with Gasteiger partial charge in [-0.15, -0.1) is 24.0 Å². The van der Waals surface area contributed by atoms with Gasteiger partial charge in [-0.2, -0.15) is 0 Å². The van der Waals surface area contributed by atoms with E-state index in [0.717, 1.165) is 28.7 Å². The molecule has 0 spiro atoms. The van der Waals surface area contributed by atoms with Crippen LogP contribution in [0.1, 0.15) is 18.1 Å². The average molecular weight is 446 g/mol. The predicted octanol–water partition coefficient (Wildman–Crippen LogP) is 3.92. The summed E-state index contributed by atoms with van der Waals surface area (Å²) in [5.41, 5.74) is 2.14. The number of hydrogen-bond donors (Lipinski definition) is 3. The molecule has 0 radical (unpaired) electrons. The van der Waals surface area contributed by atoms with Crippen molar-refractivity contribution in [2.45, 2.75) is 20.0 Å². The summed E-state index contributed by atoms with van der Waals surface area (Å²) < 4.78 is 0. The number of halogens is 2. The molecule has 0 aliphatic carbocycles. The number of nitrogens with zero attached hydrogens (tertiary/aromatic N) is 1. The minimum Gasteiger partial charge on any atom is -0.508 e. The zero-order valence-corrected chi connectivity index (χ0v) is 16.0. The van der Waals surface area contributed by atoms with Crippen LogP contribution in [0, 0.1) is 0 Å². The van der Waals surface area contributed by atoms with Crippen molar-refractivity contribution in [1.82, 2.24) is 10.6 Å². The molecule has 0 aliphatic rings. The smallest absolute Gasteiger partial charge is 0.191 e. The third-order valence-corrected chi connectivity index (χ3v) is 3.28. The molecule has 4 nitrogen and oxygen atoms in total. The molecule has 2 aromatic rings. The molecular weight excluding hydrogens is 425 g/mol. The highest BCUT2D eigenvalue weighted by Gasteiger charge is 1.99. The molecule has 2 rings (SSSR count). The average Bonchev–Trinajstić information content (AvgIpc) is 2.52. The zero-order chi connectivity index (χ0) is 15.8. The first-order valence-corrected chi connectivity index (χ1v) is 7.59. The van der Waals surface area contributed by atoms with Gasteiger partial charge in [0, 0.05) is 18.1 Å². The van der Waals surface area contributed by atoms with Crippen LogP contribution in [-0.4, -0.2) is 17.6 Å². The number of guanidine groups is 1. The lowest BCUT2D eigenvalue weighted by atomic mass is 10.2. The van der Waals surface area contributed by atoms with Crippen molar-refractivity contribution in [3.63, 3.8) is 0 Å². The zero-order valence-electron chi connectivity index (χ0n) is 12.9. The van der Waals surface area contributed by atoms with Crippen molar-refractivity contribution < 1.29 is 5.11 Å². The number of phenols is 1. The summed E-state index contributed by atoms with van der Waals surface area (Å²) in [6.45, 7) is 4.02. The largest absolute Gasteiger partial charge is 0.508 e. The third-order valence-electron chi connectivity index (χ3n) is 3.05. The second-order valence-electron chi connectivity index (χ2n) is 4.85. The maximum atomic E-state index is 9.28.